The van der Waals surface area contributed by atoms with Crippen LogP contribution in [0, 0.1) is 0 Å². The monoisotopic (exact) mass is 270 g/mol. The Labute approximate surface area is 118 Å². The molecule has 1 saturated heterocycles. The molecule has 1 amide bonds. The molecule has 0 saturated carbocycles. The number of rotatable bonds is 2. The van der Waals surface area contributed by atoms with Gasteiger partial charge in [0.25, 0.3) is 0 Å². The molecule has 1 aromatic heterocycles. The van der Waals surface area contributed by atoms with Gasteiger partial charge in [0.15, 0.2) is 0 Å². The van der Waals surface area contributed by atoms with Crippen LogP contribution in [0.1, 0.15) is 18.4 Å². The van der Waals surface area contributed by atoms with Crippen LogP contribution in [0.5, 0.6) is 0 Å². The largest absolute Gasteiger partial charge is 0.393 e. The van der Waals surface area contributed by atoms with E-state index in [4.69, 9.17) is 0 Å². The highest BCUT2D eigenvalue weighted by atomic mass is 16.3. The van der Waals surface area contributed by atoms with Crippen molar-refractivity contribution >= 4 is 16.8 Å². The van der Waals surface area contributed by atoms with Crippen molar-refractivity contribution in [1.29, 1.82) is 0 Å². The highest BCUT2D eigenvalue weighted by Crippen LogP contribution is 2.18. The predicted octanol–water partition coefficient (Wildman–Crippen LogP) is 1.76. The molecule has 1 fully saturated rings. The molecule has 1 aliphatic rings. The number of aromatic nitrogens is 1. The summed E-state index contributed by atoms with van der Waals surface area (Å²) in [6, 6.07) is 9.85. The maximum atomic E-state index is 12.3. The van der Waals surface area contributed by atoms with Crippen molar-refractivity contribution < 1.29 is 9.90 Å². The van der Waals surface area contributed by atoms with Crippen LogP contribution in [0.4, 0.5) is 0 Å². The van der Waals surface area contributed by atoms with Gasteiger partial charge in [-0.1, -0.05) is 24.3 Å². The summed E-state index contributed by atoms with van der Waals surface area (Å²) in [6.45, 7) is 1.30. The number of likely N-dealkylation sites (tertiary alicyclic amines) is 1. The van der Waals surface area contributed by atoms with E-state index in [1.807, 2.05) is 35.2 Å². The molecule has 4 heteroatoms. The standard InChI is InChI=1S/C16H18N2O2/c19-14-6-9-18(10-7-14)15(20)11-13-4-1-3-12-5-2-8-17-16(12)13/h1-5,8,14,19H,6-7,9-11H2. The molecule has 0 atom stereocenters. The van der Waals surface area contributed by atoms with Crippen LogP contribution < -0.4 is 0 Å². The van der Waals surface area contributed by atoms with Crippen LogP contribution in [-0.4, -0.2) is 40.1 Å². The van der Waals surface area contributed by atoms with Crippen molar-refractivity contribution in [2.75, 3.05) is 13.1 Å². The van der Waals surface area contributed by atoms with Gasteiger partial charge in [0.05, 0.1) is 18.0 Å². The van der Waals surface area contributed by atoms with Gasteiger partial charge >= 0.3 is 0 Å². The molecule has 0 unspecified atom stereocenters. The van der Waals surface area contributed by atoms with Crippen LogP contribution >= 0.6 is 0 Å². The number of fused-ring (bicyclic) bond motifs is 1. The molecule has 1 aromatic carbocycles. The van der Waals surface area contributed by atoms with Crippen molar-refractivity contribution in [3.63, 3.8) is 0 Å². The number of para-hydroxylation sites is 1. The molecular formula is C16H18N2O2. The minimum atomic E-state index is -0.252. The van der Waals surface area contributed by atoms with Crippen LogP contribution in [-0.2, 0) is 11.2 Å². The van der Waals surface area contributed by atoms with Gasteiger partial charge in [-0.2, -0.15) is 0 Å². The number of carbonyl (C=O) groups excluding carboxylic acids is 1. The van der Waals surface area contributed by atoms with E-state index in [1.54, 1.807) is 6.20 Å². The lowest BCUT2D eigenvalue weighted by Gasteiger charge is -2.29. The number of hydrogen-bond acceptors (Lipinski definition) is 3. The number of aliphatic hydroxyl groups excluding tert-OH is 1. The zero-order valence-electron chi connectivity index (χ0n) is 11.3. The van der Waals surface area contributed by atoms with E-state index >= 15 is 0 Å². The second-order valence-electron chi connectivity index (χ2n) is 5.28. The zero-order valence-corrected chi connectivity index (χ0v) is 11.3. The van der Waals surface area contributed by atoms with Crippen molar-refractivity contribution in [2.45, 2.75) is 25.4 Å². The molecule has 0 radical (unpaired) electrons. The average molecular weight is 270 g/mol. The average Bonchev–Trinajstić information content (AvgIpc) is 2.48. The number of amides is 1. The van der Waals surface area contributed by atoms with E-state index in [0.717, 1.165) is 16.5 Å². The zero-order chi connectivity index (χ0) is 13.9. The molecule has 104 valence electrons. The van der Waals surface area contributed by atoms with Gasteiger partial charge in [-0.3, -0.25) is 9.78 Å². The second kappa shape index (κ2) is 5.59. The quantitative estimate of drug-likeness (QED) is 0.904. The third-order valence-corrected chi connectivity index (χ3v) is 3.88. The summed E-state index contributed by atoms with van der Waals surface area (Å²) in [6.07, 6.45) is 3.25. The summed E-state index contributed by atoms with van der Waals surface area (Å²) in [7, 11) is 0. The van der Waals surface area contributed by atoms with E-state index in [0.29, 0.717) is 32.4 Å². The Balaban J connectivity index is 1.77. The SMILES string of the molecule is O=C(Cc1cccc2cccnc12)N1CCC(O)CC1. The molecule has 20 heavy (non-hydrogen) atoms. The van der Waals surface area contributed by atoms with E-state index in [1.165, 1.54) is 0 Å². The van der Waals surface area contributed by atoms with Crippen LogP contribution in [0.2, 0.25) is 0 Å². The summed E-state index contributed by atoms with van der Waals surface area (Å²) in [5.74, 6) is 0.120. The molecule has 0 bridgehead atoms. The first-order chi connectivity index (χ1) is 9.74. The molecular weight excluding hydrogens is 252 g/mol. The molecule has 2 aromatic rings. The van der Waals surface area contributed by atoms with Gasteiger partial charge < -0.3 is 10.0 Å². The van der Waals surface area contributed by atoms with Crippen LogP contribution in [0.15, 0.2) is 36.5 Å². The number of hydrogen-bond donors (Lipinski definition) is 1. The van der Waals surface area contributed by atoms with E-state index < -0.39 is 0 Å². The number of pyridine rings is 1. The number of carbonyl (C=O) groups is 1. The molecule has 4 nitrogen and oxygen atoms in total. The molecule has 0 aliphatic carbocycles. The molecule has 1 aliphatic heterocycles. The normalized spacial score (nSPS) is 16.6. The van der Waals surface area contributed by atoms with Gasteiger partial charge in [-0.05, 0) is 24.5 Å². The summed E-state index contributed by atoms with van der Waals surface area (Å²) in [5, 5.41) is 10.6. The fourth-order valence-corrected chi connectivity index (χ4v) is 2.70. The van der Waals surface area contributed by atoms with E-state index in [9.17, 15) is 9.90 Å². The van der Waals surface area contributed by atoms with Crippen molar-refractivity contribution in [3.05, 3.63) is 42.1 Å². The van der Waals surface area contributed by atoms with Gasteiger partial charge in [-0.15, -0.1) is 0 Å². The van der Waals surface area contributed by atoms with Gasteiger partial charge in [-0.25, -0.2) is 0 Å². The Bertz CT molecular complexity index is 613. The Hall–Kier alpha value is -1.94. The highest BCUT2D eigenvalue weighted by molar-refractivity contribution is 5.87. The Morgan fingerprint density at radius 1 is 1.25 bits per heavy atom. The minimum Gasteiger partial charge on any atom is -0.393 e. The fourth-order valence-electron chi connectivity index (χ4n) is 2.70. The van der Waals surface area contributed by atoms with Crippen molar-refractivity contribution in [3.8, 4) is 0 Å². The summed E-state index contributed by atoms with van der Waals surface area (Å²) in [4.78, 5) is 18.6. The van der Waals surface area contributed by atoms with Crippen LogP contribution in [0.3, 0.4) is 0 Å². The fraction of sp³-hybridized carbons (Fsp3) is 0.375. The Kier molecular flexibility index (Phi) is 3.65. The lowest BCUT2D eigenvalue weighted by molar-refractivity contribution is -0.132. The first kappa shape index (κ1) is 13.1. The van der Waals surface area contributed by atoms with Gasteiger partial charge in [0, 0.05) is 24.7 Å². The second-order valence-corrected chi connectivity index (χ2v) is 5.28. The smallest absolute Gasteiger partial charge is 0.227 e. The maximum Gasteiger partial charge on any atom is 0.227 e. The van der Waals surface area contributed by atoms with Gasteiger partial charge in [0.1, 0.15) is 0 Å². The number of aliphatic hydroxyl groups is 1. The van der Waals surface area contributed by atoms with Crippen molar-refractivity contribution in [2.24, 2.45) is 0 Å². The molecule has 0 spiro atoms. The Morgan fingerprint density at radius 3 is 2.80 bits per heavy atom. The van der Waals surface area contributed by atoms with E-state index in [2.05, 4.69) is 4.98 Å². The van der Waals surface area contributed by atoms with Gasteiger partial charge in [0.2, 0.25) is 5.91 Å². The van der Waals surface area contributed by atoms with Crippen molar-refractivity contribution in [1.82, 2.24) is 9.88 Å². The maximum absolute atomic E-state index is 12.3. The first-order valence-corrected chi connectivity index (χ1v) is 7.02. The summed E-state index contributed by atoms with van der Waals surface area (Å²) in [5.41, 5.74) is 1.87. The first-order valence-electron chi connectivity index (χ1n) is 7.02. The molecule has 3 rings (SSSR count). The minimum absolute atomic E-state index is 0.120. The third kappa shape index (κ3) is 2.65. The third-order valence-electron chi connectivity index (χ3n) is 3.88. The van der Waals surface area contributed by atoms with Crippen LogP contribution in [0.25, 0.3) is 10.9 Å². The lowest BCUT2D eigenvalue weighted by Crippen LogP contribution is -2.40. The number of nitrogens with zero attached hydrogens (tertiary/aromatic N) is 2. The summed E-state index contributed by atoms with van der Waals surface area (Å²) >= 11 is 0. The molecule has 1 N–H and O–H groups in total. The Morgan fingerprint density at radius 2 is 2.00 bits per heavy atom. The number of piperidine rings is 1. The predicted molar refractivity (Wildman–Crippen MR) is 77.3 cm³/mol. The lowest BCUT2D eigenvalue weighted by atomic mass is 10.0. The van der Waals surface area contributed by atoms with E-state index in [-0.39, 0.29) is 12.0 Å². The summed E-state index contributed by atoms with van der Waals surface area (Å²) < 4.78 is 0. The molecule has 2 heterocycles. The highest BCUT2D eigenvalue weighted by Gasteiger charge is 2.21. The number of benzene rings is 1. The topological polar surface area (TPSA) is 53.4 Å².